The quantitative estimate of drug-likeness (QED) is 0.436. The van der Waals surface area contributed by atoms with Crippen LogP contribution in [0.5, 0.6) is 0 Å². The van der Waals surface area contributed by atoms with Crippen LogP contribution in [0.4, 0.5) is 4.79 Å². The number of carbonyl (C=O) groups is 2. The van der Waals surface area contributed by atoms with Crippen molar-refractivity contribution in [2.75, 3.05) is 0 Å². The van der Waals surface area contributed by atoms with Crippen LogP contribution in [0.25, 0.3) is 0 Å². The molecule has 1 aromatic rings. The molecule has 0 heterocycles. The summed E-state index contributed by atoms with van der Waals surface area (Å²) in [6.45, 7) is 0.215. The normalized spacial score (nSPS) is 21.2. The lowest BCUT2D eigenvalue weighted by molar-refractivity contribution is -0.125. The van der Waals surface area contributed by atoms with Gasteiger partial charge in [0.1, 0.15) is 6.61 Å². The maximum atomic E-state index is 11.7. The summed E-state index contributed by atoms with van der Waals surface area (Å²) >= 11 is 0. The van der Waals surface area contributed by atoms with Gasteiger partial charge in [0.2, 0.25) is 5.91 Å². The van der Waals surface area contributed by atoms with Gasteiger partial charge in [-0.15, -0.1) is 0 Å². The number of benzene rings is 1. The van der Waals surface area contributed by atoms with E-state index < -0.39 is 6.09 Å². The van der Waals surface area contributed by atoms with E-state index in [2.05, 4.69) is 10.7 Å². The highest BCUT2D eigenvalue weighted by atomic mass is 16.5. The van der Waals surface area contributed by atoms with Crippen LogP contribution in [0.3, 0.4) is 0 Å². The first-order chi connectivity index (χ1) is 9.70. The molecule has 4 N–H and O–H groups in total. The highest BCUT2D eigenvalue weighted by Crippen LogP contribution is 2.25. The Balaban J connectivity index is 1.80. The topological polar surface area (TPSA) is 93.5 Å². The zero-order valence-corrected chi connectivity index (χ0v) is 11.2. The third kappa shape index (κ3) is 3.71. The highest BCUT2D eigenvalue weighted by molar-refractivity contribution is 5.80. The van der Waals surface area contributed by atoms with Crippen molar-refractivity contribution in [1.82, 2.24) is 10.7 Å². The SMILES string of the molecule is NNC(=O)C1CCCC1NC(=O)OCc1ccccc1. The van der Waals surface area contributed by atoms with Crippen molar-refractivity contribution in [3.05, 3.63) is 35.9 Å². The van der Waals surface area contributed by atoms with Crippen LogP contribution < -0.4 is 16.6 Å². The van der Waals surface area contributed by atoms with Crippen LogP contribution in [0.2, 0.25) is 0 Å². The maximum Gasteiger partial charge on any atom is 0.407 e. The summed E-state index contributed by atoms with van der Waals surface area (Å²) in [5, 5.41) is 2.74. The van der Waals surface area contributed by atoms with Gasteiger partial charge in [0.15, 0.2) is 0 Å². The van der Waals surface area contributed by atoms with Crippen LogP contribution in [-0.2, 0) is 16.1 Å². The molecule has 0 spiro atoms. The highest BCUT2D eigenvalue weighted by Gasteiger charge is 2.33. The van der Waals surface area contributed by atoms with Crippen LogP contribution in [-0.4, -0.2) is 18.0 Å². The minimum Gasteiger partial charge on any atom is -0.445 e. The van der Waals surface area contributed by atoms with E-state index in [0.29, 0.717) is 0 Å². The molecule has 2 rings (SSSR count). The molecule has 2 atom stereocenters. The monoisotopic (exact) mass is 277 g/mol. The molecular weight excluding hydrogens is 258 g/mol. The van der Waals surface area contributed by atoms with Crippen LogP contribution in [0.1, 0.15) is 24.8 Å². The Hall–Kier alpha value is -2.08. The average Bonchev–Trinajstić information content (AvgIpc) is 2.93. The molecule has 0 radical (unpaired) electrons. The molecule has 6 heteroatoms. The molecule has 0 aromatic heterocycles. The summed E-state index contributed by atoms with van der Waals surface area (Å²) in [5.74, 6) is 4.62. The zero-order valence-electron chi connectivity index (χ0n) is 11.2. The minimum absolute atomic E-state index is 0.207. The van der Waals surface area contributed by atoms with E-state index in [0.717, 1.165) is 24.8 Å². The number of alkyl carbamates (subject to hydrolysis) is 1. The number of hydrogen-bond donors (Lipinski definition) is 3. The van der Waals surface area contributed by atoms with Crippen molar-refractivity contribution in [3.8, 4) is 0 Å². The van der Waals surface area contributed by atoms with Gasteiger partial charge in [-0.25, -0.2) is 10.6 Å². The predicted octanol–water partition coefficient (Wildman–Crippen LogP) is 1.07. The van der Waals surface area contributed by atoms with Crippen LogP contribution in [0.15, 0.2) is 30.3 Å². The van der Waals surface area contributed by atoms with Crippen molar-refractivity contribution >= 4 is 12.0 Å². The van der Waals surface area contributed by atoms with E-state index in [4.69, 9.17) is 10.6 Å². The van der Waals surface area contributed by atoms with Crippen LogP contribution in [0, 0.1) is 5.92 Å². The zero-order chi connectivity index (χ0) is 14.4. The summed E-state index contributed by atoms with van der Waals surface area (Å²) in [6, 6.07) is 9.23. The molecule has 1 fully saturated rings. The molecule has 0 bridgehead atoms. The number of hydrogen-bond acceptors (Lipinski definition) is 4. The molecule has 1 saturated carbocycles. The number of hydrazine groups is 1. The Morgan fingerprint density at radius 1 is 1.25 bits per heavy atom. The summed E-state index contributed by atoms with van der Waals surface area (Å²) < 4.78 is 5.14. The van der Waals surface area contributed by atoms with Crippen molar-refractivity contribution in [3.63, 3.8) is 0 Å². The largest absolute Gasteiger partial charge is 0.445 e. The van der Waals surface area contributed by atoms with E-state index in [1.807, 2.05) is 30.3 Å². The van der Waals surface area contributed by atoms with Gasteiger partial charge >= 0.3 is 6.09 Å². The molecule has 2 amide bonds. The lowest BCUT2D eigenvalue weighted by Crippen LogP contribution is -2.45. The van der Waals surface area contributed by atoms with Crippen molar-refractivity contribution in [1.29, 1.82) is 0 Å². The fourth-order valence-corrected chi connectivity index (χ4v) is 2.47. The van der Waals surface area contributed by atoms with Gasteiger partial charge in [-0.05, 0) is 18.4 Å². The van der Waals surface area contributed by atoms with Gasteiger partial charge in [-0.2, -0.15) is 0 Å². The molecule has 1 aromatic carbocycles. The van der Waals surface area contributed by atoms with E-state index in [1.54, 1.807) is 0 Å². The molecule has 1 aliphatic carbocycles. The van der Waals surface area contributed by atoms with Gasteiger partial charge in [0.25, 0.3) is 0 Å². The Morgan fingerprint density at radius 2 is 2.00 bits per heavy atom. The summed E-state index contributed by atoms with van der Waals surface area (Å²) in [7, 11) is 0. The molecular formula is C14H19N3O3. The summed E-state index contributed by atoms with van der Waals surface area (Å²) in [6.07, 6.45) is 1.88. The first kappa shape index (κ1) is 14.3. The first-order valence-corrected chi connectivity index (χ1v) is 6.68. The number of ether oxygens (including phenoxy) is 1. The first-order valence-electron chi connectivity index (χ1n) is 6.68. The van der Waals surface area contributed by atoms with Crippen molar-refractivity contribution in [2.24, 2.45) is 11.8 Å². The third-order valence-corrected chi connectivity index (χ3v) is 3.51. The fourth-order valence-electron chi connectivity index (χ4n) is 2.47. The van der Waals surface area contributed by atoms with Gasteiger partial charge in [0, 0.05) is 6.04 Å². The minimum atomic E-state index is -0.504. The van der Waals surface area contributed by atoms with Gasteiger partial charge in [0.05, 0.1) is 5.92 Å². The van der Waals surface area contributed by atoms with E-state index in [1.165, 1.54) is 0 Å². The summed E-state index contributed by atoms with van der Waals surface area (Å²) in [5.41, 5.74) is 3.06. The van der Waals surface area contributed by atoms with Gasteiger partial charge < -0.3 is 10.1 Å². The van der Waals surface area contributed by atoms with Gasteiger partial charge in [-0.1, -0.05) is 36.8 Å². The second kappa shape index (κ2) is 6.91. The Bertz CT molecular complexity index is 464. The smallest absolute Gasteiger partial charge is 0.407 e. The number of carbonyl (C=O) groups excluding carboxylic acids is 2. The Morgan fingerprint density at radius 3 is 2.70 bits per heavy atom. The summed E-state index contributed by atoms with van der Waals surface area (Å²) in [4.78, 5) is 23.3. The molecule has 1 aliphatic rings. The second-order valence-corrected chi connectivity index (χ2v) is 4.86. The molecule has 0 aliphatic heterocycles. The third-order valence-electron chi connectivity index (χ3n) is 3.51. The number of rotatable bonds is 4. The van der Waals surface area contributed by atoms with Crippen LogP contribution >= 0.6 is 0 Å². The number of nitrogens with two attached hydrogens (primary N) is 1. The molecule has 20 heavy (non-hydrogen) atoms. The Labute approximate surface area is 117 Å². The molecule has 6 nitrogen and oxygen atoms in total. The Kier molecular flexibility index (Phi) is 4.95. The van der Waals surface area contributed by atoms with Crippen molar-refractivity contribution < 1.29 is 14.3 Å². The average molecular weight is 277 g/mol. The number of nitrogens with one attached hydrogen (secondary N) is 2. The number of amides is 2. The lowest BCUT2D eigenvalue weighted by Gasteiger charge is -2.19. The maximum absolute atomic E-state index is 11.7. The fraction of sp³-hybridized carbons (Fsp3) is 0.429. The lowest BCUT2D eigenvalue weighted by atomic mass is 10.0. The van der Waals surface area contributed by atoms with E-state index in [-0.39, 0.29) is 24.5 Å². The van der Waals surface area contributed by atoms with E-state index in [9.17, 15) is 9.59 Å². The molecule has 108 valence electrons. The molecule has 2 unspecified atom stereocenters. The van der Waals surface area contributed by atoms with Gasteiger partial charge in [-0.3, -0.25) is 10.2 Å². The van der Waals surface area contributed by atoms with Crippen molar-refractivity contribution in [2.45, 2.75) is 31.9 Å². The molecule has 0 saturated heterocycles. The second-order valence-electron chi connectivity index (χ2n) is 4.86. The predicted molar refractivity (Wildman–Crippen MR) is 73.2 cm³/mol. The standard InChI is InChI=1S/C14H19N3O3/c15-17-13(18)11-7-4-8-12(11)16-14(19)20-9-10-5-2-1-3-6-10/h1-3,5-6,11-12H,4,7-9,15H2,(H,16,19)(H,17,18). The van der Waals surface area contributed by atoms with E-state index >= 15 is 0 Å².